The zero-order valence-corrected chi connectivity index (χ0v) is 9.34. The van der Waals surface area contributed by atoms with E-state index < -0.39 is 0 Å². The Labute approximate surface area is 82.5 Å². The highest BCUT2D eigenvalue weighted by atomic mass is 15.2. The summed E-state index contributed by atoms with van der Waals surface area (Å²) in [5, 5.41) is 0. The highest BCUT2D eigenvalue weighted by Crippen LogP contribution is 2.37. The normalized spacial score (nSPS) is 36.2. The van der Waals surface area contributed by atoms with Crippen molar-refractivity contribution in [2.24, 2.45) is 5.92 Å². The summed E-state index contributed by atoms with van der Waals surface area (Å²) < 4.78 is 0. The molecule has 0 amide bonds. The summed E-state index contributed by atoms with van der Waals surface area (Å²) >= 11 is 0. The van der Waals surface area contributed by atoms with E-state index in [1.54, 1.807) is 0 Å². The van der Waals surface area contributed by atoms with Gasteiger partial charge in [0.25, 0.3) is 0 Å². The average Bonchev–Trinajstić information content (AvgIpc) is 2.02. The molecule has 2 aliphatic rings. The van der Waals surface area contributed by atoms with Crippen LogP contribution in [0.25, 0.3) is 0 Å². The minimum absolute atomic E-state index is 0.396. The van der Waals surface area contributed by atoms with Crippen LogP contribution < -0.4 is 0 Å². The summed E-state index contributed by atoms with van der Waals surface area (Å²) in [5.41, 5.74) is 0.396. The van der Waals surface area contributed by atoms with Crippen molar-refractivity contribution in [2.45, 2.75) is 64.5 Å². The zero-order chi connectivity index (χ0) is 9.47. The lowest BCUT2D eigenvalue weighted by atomic mass is 9.78. The van der Waals surface area contributed by atoms with Crippen LogP contribution in [0.2, 0.25) is 0 Å². The Kier molecular flexibility index (Phi) is 2.39. The summed E-state index contributed by atoms with van der Waals surface area (Å²) in [6, 6.07) is 0.910. The van der Waals surface area contributed by atoms with Crippen molar-refractivity contribution < 1.29 is 0 Å². The number of rotatable bonds is 0. The van der Waals surface area contributed by atoms with Crippen LogP contribution in [0.4, 0.5) is 0 Å². The van der Waals surface area contributed by atoms with E-state index in [2.05, 4.69) is 25.7 Å². The molecule has 1 heteroatoms. The third kappa shape index (κ3) is 1.90. The van der Waals surface area contributed by atoms with Gasteiger partial charge in [0.1, 0.15) is 0 Å². The largest absolute Gasteiger partial charge is 0.296 e. The van der Waals surface area contributed by atoms with Crippen molar-refractivity contribution in [3.8, 4) is 0 Å². The molecule has 2 bridgehead atoms. The number of likely N-dealkylation sites (tertiary alicyclic amines) is 1. The van der Waals surface area contributed by atoms with Gasteiger partial charge in [0, 0.05) is 11.6 Å². The second-order valence-electron chi connectivity index (χ2n) is 5.84. The topological polar surface area (TPSA) is 3.24 Å². The first-order chi connectivity index (χ1) is 6.07. The molecule has 1 saturated heterocycles. The molecule has 76 valence electrons. The molecule has 1 aliphatic heterocycles. The molecule has 0 aromatic rings. The summed E-state index contributed by atoms with van der Waals surface area (Å²) in [7, 11) is 0. The van der Waals surface area contributed by atoms with E-state index >= 15 is 0 Å². The maximum Gasteiger partial charge on any atom is 0.0127 e. The van der Waals surface area contributed by atoms with Crippen LogP contribution in [0, 0.1) is 5.92 Å². The number of fused-ring (bicyclic) bond motifs is 2. The average molecular weight is 181 g/mol. The zero-order valence-electron chi connectivity index (χ0n) is 9.34. The molecule has 1 saturated carbocycles. The highest BCUT2D eigenvalue weighted by Gasteiger charge is 2.36. The molecular weight excluding hydrogens is 158 g/mol. The van der Waals surface area contributed by atoms with E-state index in [4.69, 9.17) is 0 Å². The fourth-order valence-electron chi connectivity index (χ4n) is 3.20. The van der Waals surface area contributed by atoms with Gasteiger partial charge in [-0.1, -0.05) is 12.8 Å². The standard InChI is InChI=1S/C12H23N/c1-12(2,3)13-8-7-10-5-4-6-11(13)9-10/h10-11H,4-9H2,1-3H3. The van der Waals surface area contributed by atoms with Gasteiger partial charge in [-0.3, -0.25) is 4.90 Å². The summed E-state index contributed by atoms with van der Waals surface area (Å²) in [6.07, 6.45) is 7.37. The van der Waals surface area contributed by atoms with E-state index in [0.717, 1.165) is 12.0 Å². The van der Waals surface area contributed by atoms with Gasteiger partial charge < -0.3 is 0 Å². The van der Waals surface area contributed by atoms with E-state index in [1.807, 2.05) is 0 Å². The van der Waals surface area contributed by atoms with Crippen LogP contribution in [-0.4, -0.2) is 23.0 Å². The molecule has 0 aromatic carbocycles. The van der Waals surface area contributed by atoms with Crippen molar-refractivity contribution in [1.29, 1.82) is 0 Å². The fraction of sp³-hybridized carbons (Fsp3) is 1.00. The number of hydrogen-bond donors (Lipinski definition) is 0. The van der Waals surface area contributed by atoms with Crippen molar-refractivity contribution in [3.05, 3.63) is 0 Å². The maximum absolute atomic E-state index is 2.74. The van der Waals surface area contributed by atoms with E-state index in [-0.39, 0.29) is 0 Å². The SMILES string of the molecule is CC(C)(C)N1CCC2CCCC1C2. The summed E-state index contributed by atoms with van der Waals surface area (Å²) in [4.78, 5) is 2.74. The fourth-order valence-corrected chi connectivity index (χ4v) is 3.20. The lowest BCUT2D eigenvalue weighted by Gasteiger charge is -2.49. The number of hydrogen-bond acceptors (Lipinski definition) is 1. The Morgan fingerprint density at radius 3 is 2.54 bits per heavy atom. The molecule has 0 spiro atoms. The molecule has 2 atom stereocenters. The molecule has 13 heavy (non-hydrogen) atoms. The van der Waals surface area contributed by atoms with Crippen molar-refractivity contribution >= 4 is 0 Å². The van der Waals surface area contributed by atoms with Gasteiger partial charge in [0.2, 0.25) is 0 Å². The summed E-state index contributed by atoms with van der Waals surface area (Å²) in [6.45, 7) is 8.44. The minimum Gasteiger partial charge on any atom is -0.296 e. The molecule has 2 fully saturated rings. The Morgan fingerprint density at radius 1 is 1.08 bits per heavy atom. The van der Waals surface area contributed by atoms with Crippen LogP contribution in [0.1, 0.15) is 52.9 Å². The lowest BCUT2D eigenvalue weighted by molar-refractivity contribution is 0.00575. The number of nitrogens with zero attached hydrogens (tertiary/aromatic N) is 1. The van der Waals surface area contributed by atoms with Gasteiger partial charge in [0.15, 0.2) is 0 Å². The predicted octanol–water partition coefficient (Wildman–Crippen LogP) is 3.05. The van der Waals surface area contributed by atoms with Gasteiger partial charge in [-0.25, -0.2) is 0 Å². The van der Waals surface area contributed by atoms with Gasteiger partial charge in [-0.15, -0.1) is 0 Å². The third-order valence-electron chi connectivity index (χ3n) is 3.84. The van der Waals surface area contributed by atoms with Crippen molar-refractivity contribution in [3.63, 3.8) is 0 Å². The highest BCUT2D eigenvalue weighted by molar-refractivity contribution is 4.91. The molecule has 1 heterocycles. The van der Waals surface area contributed by atoms with Crippen LogP contribution in [-0.2, 0) is 0 Å². The summed E-state index contributed by atoms with van der Waals surface area (Å²) in [5.74, 6) is 1.07. The monoisotopic (exact) mass is 181 g/mol. The predicted molar refractivity (Wildman–Crippen MR) is 56.8 cm³/mol. The quantitative estimate of drug-likeness (QED) is 0.555. The van der Waals surface area contributed by atoms with Gasteiger partial charge >= 0.3 is 0 Å². The van der Waals surface area contributed by atoms with Gasteiger partial charge in [0.05, 0.1) is 0 Å². The Hall–Kier alpha value is -0.0400. The molecule has 0 radical (unpaired) electrons. The molecular formula is C12H23N. The number of piperidine rings is 1. The van der Waals surface area contributed by atoms with Gasteiger partial charge in [-0.05, 0) is 52.5 Å². The van der Waals surface area contributed by atoms with Crippen LogP contribution in [0.3, 0.4) is 0 Å². The van der Waals surface area contributed by atoms with Crippen molar-refractivity contribution in [2.75, 3.05) is 6.54 Å². The second-order valence-corrected chi connectivity index (χ2v) is 5.84. The maximum atomic E-state index is 2.74. The first-order valence-electron chi connectivity index (χ1n) is 5.84. The molecule has 0 aromatic heterocycles. The third-order valence-corrected chi connectivity index (χ3v) is 3.84. The molecule has 1 nitrogen and oxygen atoms in total. The van der Waals surface area contributed by atoms with E-state index in [1.165, 1.54) is 38.6 Å². The first kappa shape index (κ1) is 9.51. The van der Waals surface area contributed by atoms with Crippen molar-refractivity contribution in [1.82, 2.24) is 4.90 Å². The molecule has 1 aliphatic carbocycles. The van der Waals surface area contributed by atoms with E-state index in [9.17, 15) is 0 Å². The molecule has 2 unspecified atom stereocenters. The molecule has 2 rings (SSSR count). The Bertz CT molecular complexity index is 180. The Morgan fingerprint density at radius 2 is 1.85 bits per heavy atom. The first-order valence-corrected chi connectivity index (χ1v) is 5.84. The van der Waals surface area contributed by atoms with Crippen LogP contribution >= 0.6 is 0 Å². The van der Waals surface area contributed by atoms with Crippen LogP contribution in [0.5, 0.6) is 0 Å². The smallest absolute Gasteiger partial charge is 0.0127 e. The van der Waals surface area contributed by atoms with E-state index in [0.29, 0.717) is 5.54 Å². The second kappa shape index (κ2) is 3.27. The Balaban J connectivity index is 2.05. The lowest BCUT2D eigenvalue weighted by Crippen LogP contribution is -2.53. The molecule has 0 N–H and O–H groups in total. The van der Waals surface area contributed by atoms with Gasteiger partial charge in [-0.2, -0.15) is 0 Å². The minimum atomic E-state index is 0.396. The van der Waals surface area contributed by atoms with Crippen LogP contribution in [0.15, 0.2) is 0 Å².